The summed E-state index contributed by atoms with van der Waals surface area (Å²) in [5, 5.41) is 21.2. The lowest BCUT2D eigenvalue weighted by Crippen LogP contribution is -2.58. The molecule has 1 heterocycles. The monoisotopic (exact) mass is 516 g/mol. The van der Waals surface area contributed by atoms with Crippen molar-refractivity contribution in [2.24, 2.45) is 0 Å². The number of alkyl halides is 2. The second kappa shape index (κ2) is 12.0. The van der Waals surface area contributed by atoms with Crippen LogP contribution in [0.15, 0.2) is 60.7 Å². The van der Waals surface area contributed by atoms with Crippen LogP contribution < -0.4 is 0 Å². The molecule has 194 valence electrons. The van der Waals surface area contributed by atoms with Crippen molar-refractivity contribution in [3.63, 3.8) is 0 Å². The lowest BCUT2D eigenvalue weighted by molar-refractivity contribution is -0.317. The van der Waals surface area contributed by atoms with Crippen molar-refractivity contribution in [2.45, 2.75) is 56.8 Å². The number of aliphatic hydroxyl groups excluding tert-OH is 1. The highest BCUT2D eigenvalue weighted by Gasteiger charge is 2.76. The second-order valence-corrected chi connectivity index (χ2v) is 9.96. The summed E-state index contributed by atoms with van der Waals surface area (Å²) >= 11 is 0. The van der Waals surface area contributed by atoms with Gasteiger partial charge in [-0.2, -0.15) is 8.78 Å². The van der Waals surface area contributed by atoms with Crippen LogP contribution in [0, 0.1) is 0 Å². The number of ether oxygens (including phenoxy) is 3. The van der Waals surface area contributed by atoms with Gasteiger partial charge in [0.05, 0.1) is 33.0 Å². The van der Waals surface area contributed by atoms with Gasteiger partial charge in [-0.25, -0.2) is 0 Å². The van der Waals surface area contributed by atoms with Crippen LogP contribution in [0.4, 0.5) is 8.78 Å². The Hall–Kier alpha value is -1.75. The number of aliphatic hydroxyl groups is 2. The van der Waals surface area contributed by atoms with Crippen molar-refractivity contribution in [3.8, 4) is 0 Å². The Balaban J connectivity index is 1.98. The molecule has 0 bridgehead atoms. The van der Waals surface area contributed by atoms with Gasteiger partial charge >= 0.3 is 13.3 Å². The topological polar surface area (TPSA) is 104 Å². The number of halogens is 2. The molecule has 0 aromatic heterocycles. The van der Waals surface area contributed by atoms with E-state index in [4.69, 9.17) is 23.3 Å². The molecule has 3 rings (SSSR count). The van der Waals surface area contributed by atoms with E-state index in [0.29, 0.717) is 5.56 Å². The Kier molecular flexibility index (Phi) is 9.53. The van der Waals surface area contributed by atoms with Crippen LogP contribution in [-0.2, 0) is 41.0 Å². The fourth-order valence-corrected chi connectivity index (χ4v) is 5.48. The van der Waals surface area contributed by atoms with E-state index in [1.165, 1.54) is 13.8 Å². The van der Waals surface area contributed by atoms with Crippen molar-refractivity contribution in [2.75, 3.05) is 19.8 Å². The molecule has 0 unspecified atom stereocenters. The summed E-state index contributed by atoms with van der Waals surface area (Å²) in [7, 11) is -5.24. The first kappa shape index (κ1) is 27.8. The van der Waals surface area contributed by atoms with Crippen molar-refractivity contribution in [1.82, 2.24) is 0 Å². The first-order valence-corrected chi connectivity index (χ1v) is 12.9. The molecule has 1 aliphatic heterocycles. The van der Waals surface area contributed by atoms with Gasteiger partial charge in [0, 0.05) is 0 Å². The molecule has 2 aromatic rings. The van der Waals surface area contributed by atoms with Crippen LogP contribution in [0.2, 0.25) is 0 Å². The van der Waals surface area contributed by atoms with E-state index < -0.39 is 44.0 Å². The van der Waals surface area contributed by atoms with E-state index in [9.17, 15) is 14.8 Å². The first-order valence-electron chi connectivity index (χ1n) is 11.3. The molecule has 1 fully saturated rings. The lowest BCUT2D eigenvalue weighted by atomic mass is 10.0. The molecular formula is C24H31F2O8P. The third-order valence-corrected chi connectivity index (χ3v) is 7.70. The zero-order valence-corrected chi connectivity index (χ0v) is 20.5. The average molecular weight is 516 g/mol. The first-order chi connectivity index (χ1) is 16.7. The number of rotatable bonds is 13. The van der Waals surface area contributed by atoms with Gasteiger partial charge in [-0.05, 0) is 25.0 Å². The maximum Gasteiger partial charge on any atom is 0.405 e. The zero-order valence-electron chi connectivity index (χ0n) is 19.6. The van der Waals surface area contributed by atoms with Crippen LogP contribution in [0.3, 0.4) is 0 Å². The lowest BCUT2D eigenvalue weighted by Gasteiger charge is -2.38. The molecule has 1 saturated heterocycles. The minimum absolute atomic E-state index is 0.0349. The molecule has 8 nitrogen and oxygen atoms in total. The maximum atomic E-state index is 15.9. The SMILES string of the molecule is CCOP(=O)(OCC)C(F)(F)[C@]1(O)O[C@H](CO)[C@@H](OCc2ccccc2)[C@@H]1OCc1ccccc1. The van der Waals surface area contributed by atoms with Crippen LogP contribution in [-0.4, -0.2) is 59.8 Å². The van der Waals surface area contributed by atoms with Gasteiger partial charge in [0.2, 0.25) is 0 Å². The minimum atomic E-state index is -5.24. The Morgan fingerprint density at radius 2 is 1.43 bits per heavy atom. The van der Waals surface area contributed by atoms with E-state index in [1.54, 1.807) is 54.6 Å². The summed E-state index contributed by atoms with van der Waals surface area (Å²) in [5.41, 5.74) is -3.21. The van der Waals surface area contributed by atoms with Crippen LogP contribution in [0.1, 0.15) is 25.0 Å². The fourth-order valence-electron chi connectivity index (χ4n) is 3.83. The smallest absolute Gasteiger partial charge is 0.394 e. The number of benzene rings is 2. The molecule has 4 atom stereocenters. The van der Waals surface area contributed by atoms with Gasteiger partial charge in [0.1, 0.15) is 18.3 Å². The molecule has 2 N–H and O–H groups in total. The molecule has 35 heavy (non-hydrogen) atoms. The van der Waals surface area contributed by atoms with Gasteiger partial charge in [-0.1, -0.05) is 60.7 Å². The highest BCUT2D eigenvalue weighted by Crippen LogP contribution is 2.68. The Labute approximate surface area is 203 Å². The summed E-state index contributed by atoms with van der Waals surface area (Å²) in [6.45, 7) is 1.01. The normalized spacial score (nSPS) is 25.1. The molecule has 11 heteroatoms. The standard InChI is InChI=1S/C24H31F2O8P/c1-3-32-35(29,33-4-2)24(25,26)23(28)22(31-17-19-13-9-6-10-14-19)21(20(15-27)34-23)30-16-18-11-7-5-8-12-18/h5-14,20-22,27-28H,3-4,15-17H2,1-2H3/t20-,21-,22+,23-/m1/s1. The highest BCUT2D eigenvalue weighted by atomic mass is 31.2. The molecular weight excluding hydrogens is 485 g/mol. The average Bonchev–Trinajstić information content (AvgIpc) is 3.15. The maximum absolute atomic E-state index is 15.9. The van der Waals surface area contributed by atoms with Crippen LogP contribution in [0.5, 0.6) is 0 Å². The summed E-state index contributed by atoms with van der Waals surface area (Å²) in [6.07, 6.45) is -4.60. The third kappa shape index (κ3) is 5.81. The van der Waals surface area contributed by atoms with Gasteiger partial charge < -0.3 is 33.5 Å². The molecule has 0 saturated carbocycles. The third-order valence-electron chi connectivity index (χ3n) is 5.49. The molecule has 0 aliphatic carbocycles. The molecule has 0 amide bonds. The van der Waals surface area contributed by atoms with Crippen LogP contribution >= 0.6 is 7.60 Å². The highest BCUT2D eigenvalue weighted by molar-refractivity contribution is 7.55. The van der Waals surface area contributed by atoms with Crippen molar-refractivity contribution >= 4 is 7.60 Å². The summed E-state index contributed by atoms with van der Waals surface area (Å²) in [6, 6.07) is 17.6. The minimum Gasteiger partial charge on any atom is -0.394 e. The van der Waals surface area contributed by atoms with E-state index in [1.807, 2.05) is 6.07 Å². The summed E-state index contributed by atoms with van der Waals surface area (Å²) in [4.78, 5) is 0. The summed E-state index contributed by atoms with van der Waals surface area (Å²) in [5.74, 6) is -3.49. The molecule has 2 aromatic carbocycles. The largest absolute Gasteiger partial charge is 0.405 e. The molecule has 1 aliphatic rings. The number of hydrogen-bond donors (Lipinski definition) is 2. The van der Waals surface area contributed by atoms with E-state index in [0.717, 1.165) is 5.56 Å². The predicted molar refractivity (Wildman–Crippen MR) is 123 cm³/mol. The molecule has 0 radical (unpaired) electrons. The van der Waals surface area contributed by atoms with Crippen LogP contribution in [0.25, 0.3) is 0 Å². The van der Waals surface area contributed by atoms with Gasteiger partial charge in [0.25, 0.3) is 5.79 Å². The van der Waals surface area contributed by atoms with Crippen molar-refractivity contribution in [3.05, 3.63) is 71.8 Å². The van der Waals surface area contributed by atoms with Gasteiger partial charge in [0.15, 0.2) is 0 Å². The van der Waals surface area contributed by atoms with E-state index >= 15 is 8.78 Å². The van der Waals surface area contributed by atoms with E-state index in [2.05, 4.69) is 0 Å². The predicted octanol–water partition coefficient (Wildman–Crippen LogP) is 4.10. The molecule has 0 spiro atoms. The zero-order chi connectivity index (χ0) is 25.5. The van der Waals surface area contributed by atoms with Crippen molar-refractivity contribution < 1.29 is 46.8 Å². The summed E-state index contributed by atoms with van der Waals surface area (Å²) < 4.78 is 71.4. The second-order valence-electron chi connectivity index (χ2n) is 7.89. The van der Waals surface area contributed by atoms with Gasteiger partial charge in [-0.15, -0.1) is 0 Å². The number of hydrogen-bond acceptors (Lipinski definition) is 8. The Bertz CT molecular complexity index is 955. The van der Waals surface area contributed by atoms with Gasteiger partial charge in [-0.3, -0.25) is 4.57 Å². The van der Waals surface area contributed by atoms with Crippen molar-refractivity contribution in [1.29, 1.82) is 0 Å². The van der Waals surface area contributed by atoms with E-state index in [-0.39, 0.29) is 26.4 Å². The quantitative estimate of drug-likeness (QED) is 0.384. The fraction of sp³-hybridized carbons (Fsp3) is 0.500. The Morgan fingerprint density at radius 3 is 1.89 bits per heavy atom. The Morgan fingerprint density at radius 1 is 0.943 bits per heavy atom.